The van der Waals surface area contributed by atoms with E-state index >= 15 is 0 Å². The molecule has 1 aliphatic heterocycles. The van der Waals surface area contributed by atoms with Crippen molar-refractivity contribution in [2.45, 2.75) is 19.0 Å². The number of carboxylic acid groups (broad SMARTS) is 1. The molecule has 21 heavy (non-hydrogen) atoms. The summed E-state index contributed by atoms with van der Waals surface area (Å²) in [6.07, 6.45) is 0.311. The quantitative estimate of drug-likeness (QED) is 0.889. The molecule has 0 radical (unpaired) electrons. The lowest BCUT2D eigenvalue weighted by Crippen LogP contribution is -2.43. The highest BCUT2D eigenvalue weighted by atomic mass is 32.1. The third kappa shape index (κ3) is 2.30. The predicted molar refractivity (Wildman–Crippen MR) is 78.4 cm³/mol. The molecule has 2 aromatic rings. The first-order valence-electron chi connectivity index (χ1n) is 6.40. The molecule has 1 aromatic carbocycles. The Morgan fingerprint density at radius 2 is 2.19 bits per heavy atom. The minimum Gasteiger partial charge on any atom is -0.480 e. The van der Waals surface area contributed by atoms with Crippen LogP contribution in [0.3, 0.4) is 0 Å². The Kier molecular flexibility index (Phi) is 3.44. The summed E-state index contributed by atoms with van der Waals surface area (Å²) >= 11 is 1.30. The number of hydrogen-bond donors (Lipinski definition) is 2. The number of aromatic nitrogens is 1. The molecular weight excluding hydrogens is 290 g/mol. The minimum atomic E-state index is -1.02. The number of hydrogen-bond acceptors (Lipinski definition) is 5. The van der Waals surface area contributed by atoms with Gasteiger partial charge < -0.3 is 10.8 Å². The molecule has 6 nitrogen and oxygen atoms in total. The normalized spacial score (nSPS) is 16.8. The van der Waals surface area contributed by atoms with E-state index in [4.69, 9.17) is 5.73 Å². The number of thiazole rings is 1. The van der Waals surface area contributed by atoms with Gasteiger partial charge in [0.15, 0.2) is 0 Å². The molecular formula is C14H13N3O3S. The number of rotatable bonds is 3. The van der Waals surface area contributed by atoms with Crippen LogP contribution in [0.25, 0.3) is 0 Å². The molecule has 1 aromatic heterocycles. The van der Waals surface area contributed by atoms with Crippen molar-refractivity contribution in [1.82, 2.24) is 4.98 Å². The number of carbonyl (C=O) groups excluding carboxylic acids is 1. The molecule has 1 atom stereocenters. The Morgan fingerprint density at radius 1 is 1.43 bits per heavy atom. The Morgan fingerprint density at radius 3 is 2.86 bits per heavy atom. The van der Waals surface area contributed by atoms with Gasteiger partial charge in [-0.3, -0.25) is 9.69 Å². The van der Waals surface area contributed by atoms with Crippen LogP contribution in [0.4, 0.5) is 5.69 Å². The molecule has 3 rings (SSSR count). The Hall–Kier alpha value is -2.25. The van der Waals surface area contributed by atoms with E-state index in [0.717, 1.165) is 5.56 Å². The zero-order chi connectivity index (χ0) is 15.0. The van der Waals surface area contributed by atoms with Gasteiger partial charge in [0.25, 0.3) is 5.91 Å². The first-order chi connectivity index (χ1) is 10.1. The smallest absolute Gasteiger partial charge is 0.327 e. The van der Waals surface area contributed by atoms with Crippen molar-refractivity contribution < 1.29 is 14.7 Å². The number of nitrogens with zero attached hydrogens (tertiary/aromatic N) is 2. The average Bonchev–Trinajstić information content (AvgIpc) is 3.11. The number of fused-ring (bicyclic) bond motifs is 1. The van der Waals surface area contributed by atoms with Gasteiger partial charge in [-0.15, -0.1) is 11.3 Å². The Bertz CT molecular complexity index is 713. The molecule has 7 heteroatoms. The van der Waals surface area contributed by atoms with Crippen molar-refractivity contribution in [3.05, 3.63) is 45.9 Å². The molecule has 1 aliphatic rings. The van der Waals surface area contributed by atoms with Gasteiger partial charge >= 0.3 is 5.97 Å². The highest BCUT2D eigenvalue weighted by Gasteiger charge is 2.39. The SMILES string of the molecule is NCc1nc(C(=O)N2c3ccccc3CC2C(=O)O)cs1. The fourth-order valence-electron chi connectivity index (χ4n) is 2.46. The summed E-state index contributed by atoms with van der Waals surface area (Å²) in [4.78, 5) is 29.5. The molecule has 0 bridgehead atoms. The average molecular weight is 303 g/mol. The monoisotopic (exact) mass is 303 g/mol. The van der Waals surface area contributed by atoms with Crippen molar-refractivity contribution in [1.29, 1.82) is 0 Å². The summed E-state index contributed by atoms with van der Waals surface area (Å²) in [6.45, 7) is 0.261. The second-order valence-electron chi connectivity index (χ2n) is 4.69. The van der Waals surface area contributed by atoms with E-state index < -0.39 is 17.9 Å². The fraction of sp³-hybridized carbons (Fsp3) is 0.214. The zero-order valence-electron chi connectivity index (χ0n) is 11.0. The van der Waals surface area contributed by atoms with Gasteiger partial charge in [0, 0.05) is 24.0 Å². The third-order valence-electron chi connectivity index (χ3n) is 3.43. The van der Waals surface area contributed by atoms with Gasteiger partial charge in [-0.25, -0.2) is 9.78 Å². The van der Waals surface area contributed by atoms with E-state index in [1.807, 2.05) is 12.1 Å². The molecule has 1 amide bonds. The fourth-order valence-corrected chi connectivity index (χ4v) is 3.11. The molecule has 1 unspecified atom stereocenters. The minimum absolute atomic E-state index is 0.239. The van der Waals surface area contributed by atoms with Gasteiger partial charge in [-0.05, 0) is 11.6 Å². The Balaban J connectivity index is 2.01. The maximum atomic E-state index is 12.6. The van der Waals surface area contributed by atoms with Crippen molar-refractivity contribution >= 4 is 28.9 Å². The summed E-state index contributed by atoms with van der Waals surface area (Å²) in [5.41, 5.74) is 7.23. The summed E-state index contributed by atoms with van der Waals surface area (Å²) in [6, 6.07) is 6.33. The van der Waals surface area contributed by atoms with Gasteiger partial charge in [0.1, 0.15) is 16.7 Å². The number of carboxylic acids is 1. The van der Waals surface area contributed by atoms with Crippen LogP contribution >= 0.6 is 11.3 Å². The molecule has 2 heterocycles. The van der Waals surface area contributed by atoms with Gasteiger partial charge in [0.05, 0.1) is 0 Å². The van der Waals surface area contributed by atoms with E-state index in [1.165, 1.54) is 16.2 Å². The Labute approximate surface area is 124 Å². The van der Waals surface area contributed by atoms with Gasteiger partial charge in [-0.1, -0.05) is 18.2 Å². The van der Waals surface area contributed by atoms with Crippen LogP contribution in [0, 0.1) is 0 Å². The topological polar surface area (TPSA) is 96.5 Å². The van der Waals surface area contributed by atoms with Crippen molar-refractivity contribution in [2.24, 2.45) is 5.73 Å². The summed E-state index contributed by atoms with van der Waals surface area (Å²) in [7, 11) is 0. The van der Waals surface area contributed by atoms with Crippen molar-refractivity contribution in [3.8, 4) is 0 Å². The lowest BCUT2D eigenvalue weighted by molar-refractivity contribution is -0.138. The van der Waals surface area contributed by atoms with Crippen LogP contribution in [-0.4, -0.2) is 28.0 Å². The van der Waals surface area contributed by atoms with Crippen LogP contribution in [0.5, 0.6) is 0 Å². The van der Waals surface area contributed by atoms with Gasteiger partial charge in [0.2, 0.25) is 0 Å². The lowest BCUT2D eigenvalue weighted by atomic mass is 10.1. The van der Waals surface area contributed by atoms with E-state index in [0.29, 0.717) is 17.1 Å². The van der Waals surface area contributed by atoms with Crippen LogP contribution in [0.1, 0.15) is 21.1 Å². The van der Waals surface area contributed by atoms with E-state index in [1.54, 1.807) is 17.5 Å². The third-order valence-corrected chi connectivity index (χ3v) is 4.30. The first kappa shape index (κ1) is 13.7. The second kappa shape index (κ2) is 5.27. The van der Waals surface area contributed by atoms with E-state index in [2.05, 4.69) is 4.98 Å². The molecule has 0 aliphatic carbocycles. The second-order valence-corrected chi connectivity index (χ2v) is 5.64. The number of benzene rings is 1. The molecule has 3 N–H and O–H groups in total. The van der Waals surface area contributed by atoms with Crippen LogP contribution in [0.2, 0.25) is 0 Å². The highest BCUT2D eigenvalue weighted by Crippen LogP contribution is 2.33. The first-order valence-corrected chi connectivity index (χ1v) is 7.28. The molecule has 0 spiro atoms. The lowest BCUT2D eigenvalue weighted by Gasteiger charge is -2.21. The number of carbonyl (C=O) groups is 2. The largest absolute Gasteiger partial charge is 0.480 e. The molecule has 108 valence electrons. The number of nitrogens with two attached hydrogens (primary N) is 1. The predicted octanol–water partition coefficient (Wildman–Crippen LogP) is 1.26. The number of amides is 1. The maximum absolute atomic E-state index is 12.6. The van der Waals surface area contributed by atoms with Crippen LogP contribution in [0.15, 0.2) is 29.6 Å². The molecule has 0 saturated heterocycles. The van der Waals surface area contributed by atoms with Crippen LogP contribution in [-0.2, 0) is 17.8 Å². The number of para-hydroxylation sites is 1. The number of anilines is 1. The summed E-state index contributed by atoms with van der Waals surface area (Å²) in [5, 5.41) is 11.6. The summed E-state index contributed by atoms with van der Waals surface area (Å²) in [5.74, 6) is -1.42. The molecule has 0 saturated carbocycles. The molecule has 0 fully saturated rings. The van der Waals surface area contributed by atoms with E-state index in [-0.39, 0.29) is 12.2 Å². The standard InChI is InChI=1S/C14H13N3O3S/c15-6-12-16-9(7-21-12)13(18)17-10-4-2-1-3-8(10)5-11(17)14(19)20/h1-4,7,11H,5-6,15H2,(H,19,20). The van der Waals surface area contributed by atoms with Crippen LogP contribution < -0.4 is 10.6 Å². The van der Waals surface area contributed by atoms with Crippen molar-refractivity contribution in [2.75, 3.05) is 4.90 Å². The van der Waals surface area contributed by atoms with E-state index in [9.17, 15) is 14.7 Å². The number of aliphatic carboxylic acids is 1. The highest BCUT2D eigenvalue weighted by molar-refractivity contribution is 7.09. The van der Waals surface area contributed by atoms with Crippen molar-refractivity contribution in [3.63, 3.8) is 0 Å². The maximum Gasteiger partial charge on any atom is 0.327 e. The zero-order valence-corrected chi connectivity index (χ0v) is 11.8. The summed E-state index contributed by atoms with van der Waals surface area (Å²) < 4.78 is 0. The van der Waals surface area contributed by atoms with Gasteiger partial charge in [-0.2, -0.15) is 0 Å².